The lowest BCUT2D eigenvalue weighted by atomic mass is 10.2. The molecule has 1 aromatic rings. The number of rotatable bonds is 3. The van der Waals surface area contributed by atoms with Crippen LogP contribution in [0.5, 0.6) is 0 Å². The topological polar surface area (TPSA) is 102 Å². The first kappa shape index (κ1) is 11.0. The molecule has 0 atom stereocenters. The lowest BCUT2D eigenvalue weighted by Crippen LogP contribution is -2.56. The van der Waals surface area contributed by atoms with Gasteiger partial charge in [0.2, 0.25) is 0 Å². The zero-order chi connectivity index (χ0) is 12.5. The minimum absolute atomic E-state index is 0.314. The molecular formula is C9H8N4O4. The van der Waals surface area contributed by atoms with E-state index in [1.165, 1.54) is 18.3 Å². The molecular weight excluding hydrogens is 228 g/mol. The molecule has 1 heterocycles. The number of anilines is 1. The number of para-hydroxylation sites is 1. The second-order valence-corrected chi connectivity index (χ2v) is 3.44. The van der Waals surface area contributed by atoms with E-state index >= 15 is 0 Å². The highest BCUT2D eigenvalue weighted by atomic mass is 16.7. The Kier molecular flexibility index (Phi) is 2.47. The summed E-state index contributed by atoms with van der Waals surface area (Å²) in [5, 5.41) is 26.5. The van der Waals surface area contributed by atoms with Crippen LogP contribution in [-0.2, 0) is 0 Å². The number of benzene rings is 1. The average Bonchev–Trinajstić information content (AvgIpc) is 2.75. The summed E-state index contributed by atoms with van der Waals surface area (Å²) in [7, 11) is 0. The van der Waals surface area contributed by atoms with Gasteiger partial charge in [-0.2, -0.15) is 5.10 Å². The molecule has 88 valence electrons. The molecule has 0 saturated carbocycles. The fourth-order valence-corrected chi connectivity index (χ4v) is 1.64. The number of nitro groups is 2. The van der Waals surface area contributed by atoms with E-state index in [1.54, 1.807) is 18.2 Å². The molecule has 8 nitrogen and oxygen atoms in total. The molecule has 17 heavy (non-hydrogen) atoms. The Labute approximate surface area is 95.5 Å². The Morgan fingerprint density at radius 1 is 1.18 bits per heavy atom. The second kappa shape index (κ2) is 3.81. The predicted octanol–water partition coefficient (Wildman–Crippen LogP) is 1.09. The molecule has 0 spiro atoms. The van der Waals surface area contributed by atoms with Gasteiger partial charge in [0, 0.05) is 6.21 Å². The van der Waals surface area contributed by atoms with Crippen LogP contribution >= 0.6 is 0 Å². The Morgan fingerprint density at radius 3 is 2.29 bits per heavy atom. The van der Waals surface area contributed by atoms with Crippen molar-refractivity contribution in [1.82, 2.24) is 0 Å². The predicted molar refractivity (Wildman–Crippen MR) is 58.7 cm³/mol. The summed E-state index contributed by atoms with van der Waals surface area (Å²) >= 11 is 0. The first-order chi connectivity index (χ1) is 8.09. The quantitative estimate of drug-likeness (QED) is 0.444. The third kappa shape index (κ3) is 1.50. The zero-order valence-corrected chi connectivity index (χ0v) is 8.59. The fourth-order valence-electron chi connectivity index (χ4n) is 1.64. The lowest BCUT2D eigenvalue weighted by molar-refractivity contribution is -0.792. The van der Waals surface area contributed by atoms with Crippen molar-refractivity contribution < 1.29 is 9.85 Å². The SMILES string of the molecule is O=[N+]([O-])C1([N+](=O)[O-])CC=NN1c1ccccc1. The van der Waals surface area contributed by atoms with E-state index < -0.39 is 15.6 Å². The summed E-state index contributed by atoms with van der Waals surface area (Å²) in [6, 6.07) is 8.04. The van der Waals surface area contributed by atoms with E-state index in [2.05, 4.69) is 5.10 Å². The van der Waals surface area contributed by atoms with Crippen molar-refractivity contribution in [2.24, 2.45) is 5.10 Å². The molecule has 2 rings (SSSR count). The van der Waals surface area contributed by atoms with Crippen LogP contribution in [-0.4, -0.2) is 21.8 Å². The van der Waals surface area contributed by atoms with Crippen molar-refractivity contribution in [2.45, 2.75) is 12.2 Å². The monoisotopic (exact) mass is 236 g/mol. The van der Waals surface area contributed by atoms with E-state index in [0.717, 1.165) is 5.01 Å². The van der Waals surface area contributed by atoms with Gasteiger partial charge in [-0.05, 0) is 12.1 Å². The normalized spacial score (nSPS) is 17.1. The van der Waals surface area contributed by atoms with Crippen LogP contribution in [0.2, 0.25) is 0 Å². The number of nitrogens with zero attached hydrogens (tertiary/aromatic N) is 4. The standard InChI is InChI=1S/C9H8N4O4/c14-12(15)9(13(16)17)6-7-10-11(9)8-4-2-1-3-5-8/h1-5,7H,6H2. The third-order valence-corrected chi connectivity index (χ3v) is 2.49. The highest BCUT2D eigenvalue weighted by molar-refractivity contribution is 5.67. The third-order valence-electron chi connectivity index (χ3n) is 2.49. The minimum atomic E-state index is -2.43. The van der Waals surface area contributed by atoms with Crippen molar-refractivity contribution in [3.8, 4) is 0 Å². The lowest BCUT2D eigenvalue weighted by Gasteiger charge is -2.21. The van der Waals surface area contributed by atoms with Crippen LogP contribution in [0, 0.1) is 20.2 Å². The van der Waals surface area contributed by atoms with Gasteiger partial charge in [-0.3, -0.25) is 20.2 Å². The number of hydrazone groups is 1. The van der Waals surface area contributed by atoms with Gasteiger partial charge >= 0.3 is 5.79 Å². The summed E-state index contributed by atoms with van der Waals surface area (Å²) in [5.41, 5.74) is 0.314. The summed E-state index contributed by atoms with van der Waals surface area (Å²) in [6.07, 6.45) is 0.820. The Hall–Kier alpha value is -2.51. The van der Waals surface area contributed by atoms with Crippen LogP contribution in [0.3, 0.4) is 0 Å². The van der Waals surface area contributed by atoms with Gasteiger partial charge in [0.15, 0.2) is 6.42 Å². The van der Waals surface area contributed by atoms with E-state index in [-0.39, 0.29) is 6.42 Å². The van der Waals surface area contributed by atoms with Gasteiger partial charge in [0.1, 0.15) is 9.85 Å². The average molecular weight is 236 g/mol. The molecule has 0 aliphatic carbocycles. The van der Waals surface area contributed by atoms with Crippen LogP contribution in [0.4, 0.5) is 5.69 Å². The molecule has 0 bridgehead atoms. The Morgan fingerprint density at radius 2 is 1.76 bits per heavy atom. The van der Waals surface area contributed by atoms with Gasteiger partial charge in [-0.1, -0.05) is 18.2 Å². The van der Waals surface area contributed by atoms with Gasteiger partial charge in [-0.15, -0.1) is 5.01 Å². The van der Waals surface area contributed by atoms with Gasteiger partial charge < -0.3 is 0 Å². The number of hydrogen-bond acceptors (Lipinski definition) is 6. The van der Waals surface area contributed by atoms with Crippen LogP contribution in [0.15, 0.2) is 35.4 Å². The van der Waals surface area contributed by atoms with Crippen LogP contribution < -0.4 is 5.01 Å². The van der Waals surface area contributed by atoms with Gasteiger partial charge in [-0.25, -0.2) is 0 Å². The van der Waals surface area contributed by atoms with E-state index in [9.17, 15) is 20.2 Å². The first-order valence-corrected chi connectivity index (χ1v) is 4.76. The number of hydrogen-bond donors (Lipinski definition) is 0. The van der Waals surface area contributed by atoms with E-state index in [4.69, 9.17) is 0 Å². The molecule has 1 aliphatic rings. The highest BCUT2D eigenvalue weighted by Gasteiger charge is 2.64. The molecule has 0 aromatic heterocycles. The first-order valence-electron chi connectivity index (χ1n) is 4.76. The zero-order valence-electron chi connectivity index (χ0n) is 8.59. The van der Waals surface area contributed by atoms with Crippen molar-refractivity contribution in [3.05, 3.63) is 50.6 Å². The smallest absolute Gasteiger partial charge is 0.257 e. The Balaban J connectivity index is 2.49. The molecule has 0 unspecified atom stereocenters. The molecule has 0 radical (unpaired) electrons. The van der Waals surface area contributed by atoms with Crippen molar-refractivity contribution >= 4 is 11.9 Å². The van der Waals surface area contributed by atoms with Gasteiger partial charge in [0.05, 0.1) is 5.69 Å². The second-order valence-electron chi connectivity index (χ2n) is 3.44. The van der Waals surface area contributed by atoms with E-state index in [1.807, 2.05) is 0 Å². The largest absolute Gasteiger partial charge is 0.567 e. The van der Waals surface area contributed by atoms with Crippen molar-refractivity contribution in [3.63, 3.8) is 0 Å². The summed E-state index contributed by atoms with van der Waals surface area (Å²) in [5.74, 6) is -2.43. The maximum atomic E-state index is 11.0. The van der Waals surface area contributed by atoms with Crippen molar-refractivity contribution in [2.75, 3.05) is 5.01 Å². The Bertz CT molecular complexity index is 473. The molecule has 1 aliphatic heterocycles. The maximum Gasteiger partial charge on any atom is 0.567 e. The van der Waals surface area contributed by atoms with Gasteiger partial charge in [0.25, 0.3) is 0 Å². The molecule has 8 heteroatoms. The molecule has 0 fully saturated rings. The summed E-state index contributed by atoms with van der Waals surface area (Å²) < 4.78 is 0. The summed E-state index contributed by atoms with van der Waals surface area (Å²) in [6.45, 7) is 0. The fraction of sp³-hybridized carbons (Fsp3) is 0.222. The van der Waals surface area contributed by atoms with E-state index in [0.29, 0.717) is 5.69 Å². The minimum Gasteiger partial charge on any atom is -0.257 e. The van der Waals surface area contributed by atoms with Crippen LogP contribution in [0.25, 0.3) is 0 Å². The van der Waals surface area contributed by atoms with Crippen molar-refractivity contribution in [1.29, 1.82) is 0 Å². The molecule has 0 N–H and O–H groups in total. The van der Waals surface area contributed by atoms with Crippen LogP contribution in [0.1, 0.15) is 6.42 Å². The molecule has 1 aromatic carbocycles. The highest BCUT2D eigenvalue weighted by Crippen LogP contribution is 2.31. The molecule has 0 amide bonds. The molecule has 0 saturated heterocycles. The maximum absolute atomic E-state index is 11.0. The summed E-state index contributed by atoms with van der Waals surface area (Å²) in [4.78, 5) is 20.1.